The zero-order chi connectivity index (χ0) is 17.8. The van der Waals surface area contributed by atoms with Crippen molar-refractivity contribution in [3.8, 4) is 0 Å². The zero-order valence-corrected chi connectivity index (χ0v) is 14.7. The molecule has 0 bridgehead atoms. The van der Waals surface area contributed by atoms with Crippen molar-refractivity contribution in [1.29, 1.82) is 0 Å². The summed E-state index contributed by atoms with van der Waals surface area (Å²) >= 11 is 5.99. The Labute approximate surface area is 150 Å². The first-order valence-corrected chi connectivity index (χ1v) is 8.66. The highest BCUT2D eigenvalue weighted by molar-refractivity contribution is 6.30. The number of hydrogen-bond donors (Lipinski definition) is 1. The summed E-state index contributed by atoms with van der Waals surface area (Å²) in [5.74, 6) is -0.326. The minimum Gasteiger partial charge on any atom is -0.381 e. The van der Waals surface area contributed by atoms with Gasteiger partial charge in [0.1, 0.15) is 5.69 Å². The SMILES string of the molecule is C[C@@H](NC(=O)c1ccc(=O)n(C2CCOCC2)n1)c1cccc(Cl)c1. The highest BCUT2D eigenvalue weighted by atomic mass is 35.5. The Morgan fingerprint density at radius 1 is 1.32 bits per heavy atom. The van der Waals surface area contributed by atoms with Crippen LogP contribution in [0, 0.1) is 0 Å². The van der Waals surface area contributed by atoms with Gasteiger partial charge in [0.05, 0.1) is 12.1 Å². The fourth-order valence-electron chi connectivity index (χ4n) is 2.87. The predicted molar refractivity (Wildman–Crippen MR) is 94.9 cm³/mol. The van der Waals surface area contributed by atoms with Gasteiger partial charge in [0.15, 0.2) is 0 Å². The summed E-state index contributed by atoms with van der Waals surface area (Å²) in [4.78, 5) is 24.6. The van der Waals surface area contributed by atoms with Crippen LogP contribution in [0.3, 0.4) is 0 Å². The van der Waals surface area contributed by atoms with Crippen molar-refractivity contribution >= 4 is 17.5 Å². The Morgan fingerprint density at radius 2 is 2.08 bits per heavy atom. The number of halogens is 1. The molecule has 1 fully saturated rings. The molecule has 0 radical (unpaired) electrons. The van der Waals surface area contributed by atoms with E-state index in [0.717, 1.165) is 18.4 Å². The van der Waals surface area contributed by atoms with Crippen molar-refractivity contribution in [3.05, 3.63) is 63.0 Å². The highest BCUT2D eigenvalue weighted by Gasteiger charge is 2.20. The molecule has 2 heterocycles. The van der Waals surface area contributed by atoms with Crippen molar-refractivity contribution in [3.63, 3.8) is 0 Å². The highest BCUT2D eigenvalue weighted by Crippen LogP contribution is 2.19. The fourth-order valence-corrected chi connectivity index (χ4v) is 3.07. The molecule has 0 saturated carbocycles. The van der Waals surface area contributed by atoms with Crippen molar-refractivity contribution in [2.75, 3.05) is 13.2 Å². The lowest BCUT2D eigenvalue weighted by molar-refractivity contribution is 0.0644. The molecule has 0 unspecified atom stereocenters. The summed E-state index contributed by atoms with van der Waals surface area (Å²) in [7, 11) is 0. The second kappa shape index (κ2) is 7.80. The third kappa shape index (κ3) is 4.27. The second-order valence-corrected chi connectivity index (χ2v) is 6.53. The molecule has 1 N–H and O–H groups in total. The number of nitrogens with zero attached hydrogens (tertiary/aromatic N) is 2. The van der Waals surface area contributed by atoms with Crippen molar-refractivity contribution in [2.24, 2.45) is 0 Å². The molecule has 132 valence electrons. The van der Waals surface area contributed by atoms with Crippen molar-refractivity contribution in [1.82, 2.24) is 15.1 Å². The molecule has 1 amide bonds. The van der Waals surface area contributed by atoms with Gasteiger partial charge in [-0.2, -0.15) is 5.10 Å². The molecule has 1 aliphatic heterocycles. The predicted octanol–water partition coefficient (Wildman–Crippen LogP) is 2.74. The minimum absolute atomic E-state index is 0.0284. The molecule has 6 nitrogen and oxygen atoms in total. The van der Waals surface area contributed by atoms with E-state index in [9.17, 15) is 9.59 Å². The van der Waals surface area contributed by atoms with Gasteiger partial charge < -0.3 is 10.1 Å². The van der Waals surface area contributed by atoms with Crippen LogP contribution in [0.2, 0.25) is 5.02 Å². The van der Waals surface area contributed by atoms with Gasteiger partial charge in [-0.15, -0.1) is 0 Å². The molecule has 1 atom stereocenters. The number of ether oxygens (including phenoxy) is 1. The van der Waals surface area contributed by atoms with E-state index >= 15 is 0 Å². The van der Waals surface area contributed by atoms with Crippen LogP contribution in [-0.4, -0.2) is 28.9 Å². The van der Waals surface area contributed by atoms with E-state index in [1.165, 1.54) is 16.8 Å². The average Bonchev–Trinajstić information content (AvgIpc) is 2.62. The third-order valence-corrected chi connectivity index (χ3v) is 4.53. The number of hydrogen-bond acceptors (Lipinski definition) is 4. The summed E-state index contributed by atoms with van der Waals surface area (Å²) in [6, 6.07) is 9.92. The fraction of sp³-hybridized carbons (Fsp3) is 0.389. The molecule has 25 heavy (non-hydrogen) atoms. The molecule has 1 aliphatic rings. The summed E-state index contributed by atoms with van der Waals surface area (Å²) in [5.41, 5.74) is 0.921. The smallest absolute Gasteiger partial charge is 0.272 e. The number of nitrogens with one attached hydrogen (secondary N) is 1. The minimum atomic E-state index is -0.326. The Kier molecular flexibility index (Phi) is 5.50. The van der Waals surface area contributed by atoms with Gasteiger partial charge in [0, 0.05) is 24.3 Å². The number of carbonyl (C=O) groups is 1. The molecule has 7 heteroatoms. The van der Waals surface area contributed by atoms with E-state index in [2.05, 4.69) is 10.4 Å². The van der Waals surface area contributed by atoms with Crippen molar-refractivity contribution < 1.29 is 9.53 Å². The molecule has 1 aromatic heterocycles. The molecular weight excluding hydrogens is 342 g/mol. The first-order chi connectivity index (χ1) is 12.0. The summed E-state index contributed by atoms with van der Waals surface area (Å²) in [6.07, 6.45) is 1.44. The molecule has 0 aliphatic carbocycles. The van der Waals surface area contributed by atoms with Gasteiger partial charge in [-0.25, -0.2) is 4.68 Å². The Morgan fingerprint density at radius 3 is 2.80 bits per heavy atom. The zero-order valence-electron chi connectivity index (χ0n) is 13.9. The van der Waals surface area contributed by atoms with E-state index in [4.69, 9.17) is 16.3 Å². The van der Waals surface area contributed by atoms with E-state index < -0.39 is 0 Å². The maximum Gasteiger partial charge on any atom is 0.272 e. The van der Waals surface area contributed by atoms with Gasteiger partial charge in [-0.3, -0.25) is 9.59 Å². The van der Waals surface area contributed by atoms with Gasteiger partial charge in [0.2, 0.25) is 0 Å². The van der Waals surface area contributed by atoms with Crippen LogP contribution in [0.1, 0.15) is 47.9 Å². The van der Waals surface area contributed by atoms with Crippen LogP contribution in [0.15, 0.2) is 41.2 Å². The largest absolute Gasteiger partial charge is 0.381 e. The van der Waals surface area contributed by atoms with E-state index in [0.29, 0.717) is 18.2 Å². The summed E-state index contributed by atoms with van der Waals surface area (Å²) in [5, 5.41) is 7.78. The van der Waals surface area contributed by atoms with Gasteiger partial charge in [0.25, 0.3) is 11.5 Å². The molecule has 1 aromatic carbocycles. The lowest BCUT2D eigenvalue weighted by atomic mass is 10.1. The van der Waals surface area contributed by atoms with Gasteiger partial charge in [-0.1, -0.05) is 23.7 Å². The summed E-state index contributed by atoms with van der Waals surface area (Å²) in [6.45, 7) is 3.07. The number of carbonyl (C=O) groups excluding carboxylic acids is 1. The topological polar surface area (TPSA) is 73.2 Å². The monoisotopic (exact) mass is 361 g/mol. The lowest BCUT2D eigenvalue weighted by Gasteiger charge is -2.23. The molecule has 0 spiro atoms. The summed E-state index contributed by atoms with van der Waals surface area (Å²) < 4.78 is 6.72. The number of benzene rings is 1. The third-order valence-electron chi connectivity index (χ3n) is 4.29. The van der Waals surface area contributed by atoms with E-state index in [-0.39, 0.29) is 29.2 Å². The molecular formula is C18H20ClN3O3. The quantitative estimate of drug-likeness (QED) is 0.908. The maximum atomic E-state index is 12.5. The van der Waals surface area contributed by atoms with Crippen LogP contribution in [0.4, 0.5) is 0 Å². The van der Waals surface area contributed by atoms with Crippen LogP contribution in [0.5, 0.6) is 0 Å². The Balaban J connectivity index is 1.76. The number of aromatic nitrogens is 2. The normalized spacial score (nSPS) is 16.4. The number of rotatable bonds is 4. The second-order valence-electron chi connectivity index (χ2n) is 6.10. The van der Waals surface area contributed by atoms with Crippen LogP contribution < -0.4 is 10.9 Å². The van der Waals surface area contributed by atoms with Crippen LogP contribution in [-0.2, 0) is 4.74 Å². The van der Waals surface area contributed by atoms with Crippen LogP contribution in [0.25, 0.3) is 0 Å². The molecule has 1 saturated heterocycles. The van der Waals surface area contributed by atoms with Gasteiger partial charge >= 0.3 is 0 Å². The standard InChI is InChI=1S/C18H20ClN3O3/c1-12(13-3-2-4-14(19)11-13)20-18(24)16-5-6-17(23)22(21-16)15-7-9-25-10-8-15/h2-6,11-12,15H,7-10H2,1H3,(H,20,24)/t12-/m1/s1. The maximum absolute atomic E-state index is 12.5. The molecule has 2 aromatic rings. The van der Waals surface area contributed by atoms with E-state index in [1.54, 1.807) is 6.07 Å². The first-order valence-electron chi connectivity index (χ1n) is 8.28. The van der Waals surface area contributed by atoms with Gasteiger partial charge in [-0.05, 0) is 43.5 Å². The number of amides is 1. The average molecular weight is 362 g/mol. The Hall–Kier alpha value is -2.18. The first kappa shape index (κ1) is 17.6. The lowest BCUT2D eigenvalue weighted by Crippen LogP contribution is -2.34. The Bertz CT molecular complexity index is 815. The van der Waals surface area contributed by atoms with Crippen molar-refractivity contribution in [2.45, 2.75) is 31.8 Å². The van der Waals surface area contributed by atoms with E-state index in [1.807, 2.05) is 25.1 Å². The van der Waals surface area contributed by atoms with Crippen LogP contribution >= 0.6 is 11.6 Å². The molecule has 3 rings (SSSR count).